The van der Waals surface area contributed by atoms with Crippen molar-refractivity contribution in [3.05, 3.63) is 53.6 Å². The lowest BCUT2D eigenvalue weighted by molar-refractivity contribution is 0.00844. The Labute approximate surface area is 167 Å². The second kappa shape index (κ2) is 8.78. The van der Waals surface area contributed by atoms with Crippen LogP contribution in [0.1, 0.15) is 60.4 Å². The van der Waals surface area contributed by atoms with E-state index in [1.165, 1.54) is 31.2 Å². The summed E-state index contributed by atoms with van der Waals surface area (Å²) in [4.78, 5) is 12.9. The number of rotatable bonds is 5. The molecule has 1 heterocycles. The number of benzene rings is 2. The van der Waals surface area contributed by atoms with Gasteiger partial charge in [-0.15, -0.1) is 0 Å². The molecular weight excluding hydrogens is 350 g/mol. The first-order valence-electron chi connectivity index (χ1n) is 10.4. The summed E-state index contributed by atoms with van der Waals surface area (Å²) in [6, 6.07) is 14.5. The first-order valence-corrected chi connectivity index (χ1v) is 10.4. The van der Waals surface area contributed by atoms with Gasteiger partial charge in [0.15, 0.2) is 0 Å². The highest BCUT2D eigenvalue weighted by Crippen LogP contribution is 2.34. The van der Waals surface area contributed by atoms with Crippen LogP contribution < -0.4 is 10.1 Å². The van der Waals surface area contributed by atoms with Crippen molar-refractivity contribution in [3.8, 4) is 16.9 Å². The monoisotopic (exact) mass is 379 g/mol. The summed E-state index contributed by atoms with van der Waals surface area (Å²) in [7, 11) is 1.67. The van der Waals surface area contributed by atoms with Gasteiger partial charge in [0.2, 0.25) is 0 Å². The van der Waals surface area contributed by atoms with Gasteiger partial charge in [0, 0.05) is 23.1 Å². The van der Waals surface area contributed by atoms with Gasteiger partial charge < -0.3 is 14.8 Å². The molecular formula is C24H29NO3. The smallest absolute Gasteiger partial charge is 0.251 e. The molecule has 0 bridgehead atoms. The number of methoxy groups -OCH3 is 1. The van der Waals surface area contributed by atoms with Crippen LogP contribution in [0.15, 0.2) is 42.5 Å². The normalized spacial score (nSPS) is 18.2. The summed E-state index contributed by atoms with van der Waals surface area (Å²) in [5.41, 5.74) is 4.00. The largest absolute Gasteiger partial charge is 0.496 e. The Balaban J connectivity index is 1.58. The van der Waals surface area contributed by atoms with Crippen molar-refractivity contribution in [2.45, 2.75) is 50.5 Å². The van der Waals surface area contributed by atoms with Crippen molar-refractivity contribution in [2.24, 2.45) is 0 Å². The standard InChI is InChI=1S/C24H29NO3/c1-27-23-12-11-19(24(26)25-21-9-4-2-3-5-10-21)14-22(23)18-8-6-7-17(13-18)20-15-28-16-20/h6-8,11-14,20-21H,2-5,9-10,15-16H2,1H3,(H,25,26). The fourth-order valence-electron chi connectivity index (χ4n) is 4.16. The van der Waals surface area contributed by atoms with Gasteiger partial charge >= 0.3 is 0 Å². The minimum atomic E-state index is 0.0133. The minimum absolute atomic E-state index is 0.0133. The Morgan fingerprint density at radius 2 is 1.82 bits per heavy atom. The van der Waals surface area contributed by atoms with Gasteiger partial charge in [-0.05, 0) is 42.2 Å². The van der Waals surface area contributed by atoms with Gasteiger partial charge in [0.1, 0.15) is 5.75 Å². The Bertz CT molecular complexity index is 820. The van der Waals surface area contributed by atoms with Crippen molar-refractivity contribution in [1.29, 1.82) is 0 Å². The summed E-state index contributed by atoms with van der Waals surface area (Å²) in [6.45, 7) is 1.56. The second-order valence-electron chi connectivity index (χ2n) is 7.94. The Morgan fingerprint density at radius 3 is 2.50 bits per heavy atom. The molecule has 0 radical (unpaired) electrons. The highest BCUT2D eigenvalue weighted by Gasteiger charge is 2.22. The van der Waals surface area contributed by atoms with Crippen molar-refractivity contribution in [1.82, 2.24) is 5.32 Å². The van der Waals surface area contributed by atoms with E-state index in [9.17, 15) is 4.79 Å². The van der Waals surface area contributed by atoms with E-state index in [4.69, 9.17) is 9.47 Å². The maximum Gasteiger partial charge on any atom is 0.251 e. The number of hydrogen-bond acceptors (Lipinski definition) is 3. The predicted molar refractivity (Wildman–Crippen MR) is 111 cm³/mol. The van der Waals surface area contributed by atoms with Crippen molar-refractivity contribution in [3.63, 3.8) is 0 Å². The molecule has 4 heteroatoms. The molecule has 1 amide bonds. The van der Waals surface area contributed by atoms with E-state index in [0.717, 1.165) is 42.9 Å². The summed E-state index contributed by atoms with van der Waals surface area (Å²) < 4.78 is 10.9. The zero-order valence-corrected chi connectivity index (χ0v) is 16.6. The fourth-order valence-corrected chi connectivity index (χ4v) is 4.16. The molecule has 4 rings (SSSR count). The third-order valence-corrected chi connectivity index (χ3v) is 5.96. The van der Waals surface area contributed by atoms with Crippen LogP contribution >= 0.6 is 0 Å². The first-order chi connectivity index (χ1) is 13.7. The molecule has 0 spiro atoms. The molecule has 1 N–H and O–H groups in total. The highest BCUT2D eigenvalue weighted by molar-refractivity contribution is 5.96. The molecule has 2 fully saturated rings. The topological polar surface area (TPSA) is 47.6 Å². The molecule has 1 aliphatic carbocycles. The van der Waals surface area contributed by atoms with E-state index in [-0.39, 0.29) is 5.91 Å². The predicted octanol–water partition coefficient (Wildman–Crippen LogP) is 4.93. The van der Waals surface area contributed by atoms with Crippen LogP contribution in [0.3, 0.4) is 0 Å². The maximum atomic E-state index is 12.9. The lowest BCUT2D eigenvalue weighted by Gasteiger charge is -2.26. The van der Waals surface area contributed by atoms with Crippen LogP contribution in [0.4, 0.5) is 0 Å². The summed E-state index contributed by atoms with van der Waals surface area (Å²) in [6.07, 6.45) is 7.14. The van der Waals surface area contributed by atoms with Gasteiger partial charge in [-0.2, -0.15) is 0 Å². The number of carbonyl (C=O) groups excluding carboxylic acids is 1. The van der Waals surface area contributed by atoms with Gasteiger partial charge in [0.25, 0.3) is 5.91 Å². The number of amides is 1. The summed E-state index contributed by atoms with van der Waals surface area (Å²) in [5.74, 6) is 1.26. The third-order valence-electron chi connectivity index (χ3n) is 5.96. The molecule has 0 aromatic heterocycles. The fraction of sp³-hybridized carbons (Fsp3) is 0.458. The first kappa shape index (κ1) is 19.0. The molecule has 0 atom stereocenters. The van der Waals surface area contributed by atoms with E-state index < -0.39 is 0 Å². The molecule has 0 unspecified atom stereocenters. The molecule has 2 aromatic carbocycles. The number of hydrogen-bond donors (Lipinski definition) is 1. The van der Waals surface area contributed by atoms with E-state index in [1.54, 1.807) is 7.11 Å². The van der Waals surface area contributed by atoms with Crippen LogP contribution in [0.2, 0.25) is 0 Å². The van der Waals surface area contributed by atoms with Crippen LogP contribution in [0, 0.1) is 0 Å². The van der Waals surface area contributed by atoms with Crippen molar-refractivity contribution < 1.29 is 14.3 Å². The van der Waals surface area contributed by atoms with Gasteiger partial charge in [0.05, 0.1) is 20.3 Å². The zero-order chi connectivity index (χ0) is 19.3. The average Bonchev–Trinajstić information content (AvgIpc) is 2.95. The summed E-state index contributed by atoms with van der Waals surface area (Å²) >= 11 is 0. The van der Waals surface area contributed by atoms with Gasteiger partial charge in [-0.25, -0.2) is 0 Å². The maximum absolute atomic E-state index is 12.9. The average molecular weight is 380 g/mol. The van der Waals surface area contributed by atoms with E-state index >= 15 is 0 Å². The van der Waals surface area contributed by atoms with Gasteiger partial charge in [-0.1, -0.05) is 49.9 Å². The zero-order valence-electron chi connectivity index (χ0n) is 16.6. The van der Waals surface area contributed by atoms with Crippen molar-refractivity contribution >= 4 is 5.91 Å². The van der Waals surface area contributed by atoms with Gasteiger partial charge in [-0.3, -0.25) is 4.79 Å². The van der Waals surface area contributed by atoms with Crippen LogP contribution in [-0.2, 0) is 4.74 Å². The quantitative estimate of drug-likeness (QED) is 0.750. The SMILES string of the molecule is COc1ccc(C(=O)NC2CCCCCC2)cc1-c1cccc(C2COC2)c1. The van der Waals surface area contributed by atoms with Crippen molar-refractivity contribution in [2.75, 3.05) is 20.3 Å². The molecule has 2 aliphatic rings. The lowest BCUT2D eigenvalue weighted by Crippen LogP contribution is -2.34. The van der Waals surface area contributed by atoms with Crippen LogP contribution in [-0.4, -0.2) is 32.3 Å². The molecule has 148 valence electrons. The second-order valence-corrected chi connectivity index (χ2v) is 7.94. The molecule has 2 aromatic rings. The molecule has 28 heavy (non-hydrogen) atoms. The Kier molecular flexibility index (Phi) is 5.96. The molecule has 1 saturated carbocycles. The number of ether oxygens (including phenoxy) is 2. The van der Waals surface area contributed by atoms with Crippen LogP contribution in [0.25, 0.3) is 11.1 Å². The van der Waals surface area contributed by atoms with E-state index in [1.807, 2.05) is 18.2 Å². The molecule has 4 nitrogen and oxygen atoms in total. The molecule has 1 aliphatic heterocycles. The van der Waals surface area contributed by atoms with E-state index in [2.05, 4.69) is 29.6 Å². The van der Waals surface area contributed by atoms with Crippen LogP contribution in [0.5, 0.6) is 5.75 Å². The number of nitrogens with one attached hydrogen (secondary N) is 1. The minimum Gasteiger partial charge on any atom is -0.496 e. The third kappa shape index (κ3) is 4.22. The Morgan fingerprint density at radius 1 is 1.04 bits per heavy atom. The highest BCUT2D eigenvalue weighted by atomic mass is 16.5. The summed E-state index contributed by atoms with van der Waals surface area (Å²) in [5, 5.41) is 3.24. The lowest BCUT2D eigenvalue weighted by atomic mass is 9.93. The van der Waals surface area contributed by atoms with E-state index in [0.29, 0.717) is 17.5 Å². The Hall–Kier alpha value is -2.33. The molecule has 1 saturated heterocycles. The number of carbonyl (C=O) groups is 1.